The number of hydrogen-bond acceptors (Lipinski definition) is 4. The van der Waals surface area contributed by atoms with Crippen molar-refractivity contribution >= 4 is 26.9 Å². The van der Waals surface area contributed by atoms with Crippen molar-refractivity contribution < 1.29 is 8.42 Å². The van der Waals surface area contributed by atoms with Crippen molar-refractivity contribution in [2.24, 2.45) is 4.99 Å². The third-order valence-electron chi connectivity index (χ3n) is 2.08. The van der Waals surface area contributed by atoms with E-state index in [-0.39, 0.29) is 0 Å². The van der Waals surface area contributed by atoms with Gasteiger partial charge in [-0.05, 0) is 12.0 Å². The maximum absolute atomic E-state index is 11.1. The highest BCUT2D eigenvalue weighted by atomic mass is 32.2. The lowest BCUT2D eigenvalue weighted by Crippen LogP contribution is -2.16. The number of nitrogens with one attached hydrogen (secondary N) is 1. The van der Waals surface area contributed by atoms with Gasteiger partial charge >= 0.3 is 0 Å². The van der Waals surface area contributed by atoms with E-state index in [1.807, 2.05) is 13.8 Å². The fourth-order valence-electron chi connectivity index (χ4n) is 1.27. The summed E-state index contributed by atoms with van der Waals surface area (Å²) in [6.45, 7) is 4.04. The van der Waals surface area contributed by atoms with Gasteiger partial charge in [-0.15, -0.1) is 0 Å². The zero-order chi connectivity index (χ0) is 11.1. The lowest BCUT2D eigenvalue weighted by molar-refractivity contribution is 0.612. The molecule has 5 nitrogen and oxygen atoms in total. The number of aliphatic imine (C=N–C) groups is 1. The number of nitrogens with zero attached hydrogens (tertiary/aromatic N) is 2. The van der Waals surface area contributed by atoms with Crippen LogP contribution in [0.5, 0.6) is 0 Å². The molecule has 2 rings (SSSR count). The molecular weight excluding hydrogens is 214 g/mol. The maximum atomic E-state index is 11.1. The normalized spacial score (nSPS) is 17.3. The van der Waals surface area contributed by atoms with Gasteiger partial charge in [-0.3, -0.25) is 9.71 Å². The second kappa shape index (κ2) is 3.30. The number of rotatable bonds is 1. The number of sulfonamides is 1. The Balaban J connectivity index is 2.49. The Morgan fingerprint density at radius 3 is 2.80 bits per heavy atom. The molecule has 0 saturated heterocycles. The first-order chi connectivity index (χ1) is 6.98. The van der Waals surface area contributed by atoms with Crippen LogP contribution < -0.4 is 4.72 Å². The largest absolute Gasteiger partial charge is 0.275 e. The van der Waals surface area contributed by atoms with Crippen molar-refractivity contribution in [2.45, 2.75) is 19.8 Å². The molecule has 80 valence electrons. The minimum atomic E-state index is -3.41. The van der Waals surface area contributed by atoms with Crippen LogP contribution in [0.1, 0.15) is 25.5 Å². The molecule has 0 radical (unpaired) electrons. The Labute approximate surface area is 88.3 Å². The summed E-state index contributed by atoms with van der Waals surface area (Å²) in [4.78, 5) is 8.03. The van der Waals surface area contributed by atoms with Crippen LogP contribution in [0.4, 0.5) is 11.4 Å². The minimum absolute atomic E-state index is 0.295. The van der Waals surface area contributed by atoms with Gasteiger partial charge in [-0.2, -0.15) is 0 Å². The summed E-state index contributed by atoms with van der Waals surface area (Å²) < 4.78 is 24.7. The third-order valence-corrected chi connectivity index (χ3v) is 2.96. The van der Waals surface area contributed by atoms with E-state index in [9.17, 15) is 8.42 Å². The fourth-order valence-corrected chi connectivity index (χ4v) is 2.04. The van der Waals surface area contributed by atoms with Gasteiger partial charge in [0, 0.05) is 5.69 Å². The Morgan fingerprint density at radius 1 is 1.40 bits per heavy atom. The summed E-state index contributed by atoms with van der Waals surface area (Å²) in [5, 5.41) is 0. The number of hydrogen-bond donors (Lipinski definition) is 1. The van der Waals surface area contributed by atoms with Crippen molar-refractivity contribution in [3.8, 4) is 0 Å². The van der Waals surface area contributed by atoms with Gasteiger partial charge in [0.05, 0.1) is 17.6 Å². The molecule has 0 aromatic carbocycles. The molecule has 2 heterocycles. The minimum Gasteiger partial charge on any atom is -0.275 e. The summed E-state index contributed by atoms with van der Waals surface area (Å²) >= 11 is 0. The Hall–Kier alpha value is -1.43. The summed E-state index contributed by atoms with van der Waals surface area (Å²) in [6, 6.07) is 1.79. The zero-order valence-electron chi connectivity index (χ0n) is 8.43. The molecule has 0 amide bonds. The summed E-state index contributed by atoms with van der Waals surface area (Å²) in [5.74, 6) is 0.295. The van der Waals surface area contributed by atoms with Crippen LogP contribution in [0.25, 0.3) is 0 Å². The van der Waals surface area contributed by atoms with Gasteiger partial charge in [0.1, 0.15) is 5.55 Å². The molecule has 0 fully saturated rings. The molecule has 1 aliphatic heterocycles. The SMILES string of the molecule is CC(C)c1cc2c(cn1)NS(=O)(=O)C=N2. The molecule has 1 aliphatic rings. The van der Waals surface area contributed by atoms with Crippen molar-refractivity contribution in [3.05, 3.63) is 18.0 Å². The highest BCUT2D eigenvalue weighted by Gasteiger charge is 2.16. The average molecular weight is 225 g/mol. The Bertz CT molecular complexity index is 520. The zero-order valence-corrected chi connectivity index (χ0v) is 9.25. The third kappa shape index (κ3) is 1.99. The topological polar surface area (TPSA) is 71.4 Å². The van der Waals surface area contributed by atoms with Gasteiger partial charge < -0.3 is 0 Å². The van der Waals surface area contributed by atoms with Gasteiger partial charge in [0.2, 0.25) is 0 Å². The highest BCUT2D eigenvalue weighted by Crippen LogP contribution is 2.30. The molecule has 1 aromatic heterocycles. The van der Waals surface area contributed by atoms with E-state index in [0.717, 1.165) is 11.2 Å². The van der Waals surface area contributed by atoms with E-state index in [4.69, 9.17) is 0 Å². The first kappa shape index (κ1) is 10.1. The molecule has 1 N–H and O–H groups in total. The smallest absolute Gasteiger partial charge is 0.272 e. The van der Waals surface area contributed by atoms with Crippen LogP contribution in [-0.2, 0) is 10.0 Å². The van der Waals surface area contributed by atoms with E-state index in [1.54, 1.807) is 6.07 Å². The Morgan fingerprint density at radius 2 is 2.13 bits per heavy atom. The van der Waals surface area contributed by atoms with Crippen molar-refractivity contribution in [2.75, 3.05) is 4.72 Å². The van der Waals surface area contributed by atoms with Crippen molar-refractivity contribution in [1.29, 1.82) is 0 Å². The Kier molecular flexibility index (Phi) is 2.22. The average Bonchev–Trinajstić information content (AvgIpc) is 2.15. The van der Waals surface area contributed by atoms with Gasteiger partial charge in [0.15, 0.2) is 0 Å². The highest BCUT2D eigenvalue weighted by molar-refractivity contribution is 8.05. The number of anilines is 1. The second-order valence-corrected chi connectivity index (χ2v) is 5.17. The molecule has 0 atom stereocenters. The summed E-state index contributed by atoms with van der Waals surface area (Å²) in [6.07, 6.45) is 1.50. The lowest BCUT2D eigenvalue weighted by Gasteiger charge is -2.13. The van der Waals surface area contributed by atoms with Crippen molar-refractivity contribution in [3.63, 3.8) is 0 Å². The number of pyridine rings is 1. The van der Waals surface area contributed by atoms with E-state index in [1.165, 1.54) is 6.20 Å². The van der Waals surface area contributed by atoms with Gasteiger partial charge in [0.25, 0.3) is 10.0 Å². The van der Waals surface area contributed by atoms with Crippen molar-refractivity contribution in [1.82, 2.24) is 4.98 Å². The standard InChI is InChI=1S/C9H11N3O2S/c1-6(2)7-3-8-9(4-10-7)12-15(13,14)5-11-8/h3-6,12H,1-2H3. The molecule has 0 saturated carbocycles. The van der Waals surface area contributed by atoms with E-state index < -0.39 is 10.0 Å². The molecule has 0 aliphatic carbocycles. The molecule has 15 heavy (non-hydrogen) atoms. The monoisotopic (exact) mass is 225 g/mol. The molecule has 6 heteroatoms. The molecule has 0 unspecified atom stereocenters. The van der Waals surface area contributed by atoms with Gasteiger partial charge in [-0.25, -0.2) is 13.4 Å². The van der Waals surface area contributed by atoms with Crippen LogP contribution in [0.3, 0.4) is 0 Å². The predicted octanol–water partition coefficient (Wildman–Crippen LogP) is 1.62. The van der Waals surface area contributed by atoms with Crippen LogP contribution in [-0.4, -0.2) is 18.9 Å². The van der Waals surface area contributed by atoms with Crippen LogP contribution in [0.15, 0.2) is 17.3 Å². The van der Waals surface area contributed by atoms with Crippen LogP contribution in [0, 0.1) is 0 Å². The maximum Gasteiger partial charge on any atom is 0.272 e. The van der Waals surface area contributed by atoms with Crippen LogP contribution >= 0.6 is 0 Å². The second-order valence-electron chi connectivity index (χ2n) is 3.66. The number of fused-ring (bicyclic) bond motifs is 1. The first-order valence-electron chi connectivity index (χ1n) is 4.55. The summed E-state index contributed by atoms with van der Waals surface area (Å²) in [7, 11) is -3.41. The molecular formula is C9H11N3O2S. The fraction of sp³-hybridized carbons (Fsp3) is 0.333. The van der Waals surface area contributed by atoms with E-state index in [0.29, 0.717) is 17.3 Å². The number of aromatic nitrogens is 1. The predicted molar refractivity (Wildman–Crippen MR) is 59.0 cm³/mol. The van der Waals surface area contributed by atoms with Crippen LogP contribution in [0.2, 0.25) is 0 Å². The van der Waals surface area contributed by atoms with E-state index in [2.05, 4.69) is 14.7 Å². The molecule has 0 spiro atoms. The summed E-state index contributed by atoms with van der Waals surface area (Å²) in [5.41, 5.74) is 2.86. The molecule has 0 bridgehead atoms. The van der Waals surface area contributed by atoms with E-state index >= 15 is 0 Å². The lowest BCUT2D eigenvalue weighted by atomic mass is 10.1. The van der Waals surface area contributed by atoms with Gasteiger partial charge in [-0.1, -0.05) is 13.8 Å². The first-order valence-corrected chi connectivity index (χ1v) is 6.09. The quantitative estimate of drug-likeness (QED) is 0.789. The molecule has 1 aromatic rings.